The molecule has 152 valence electrons. The van der Waals surface area contributed by atoms with Gasteiger partial charge >= 0.3 is 6.18 Å². The van der Waals surface area contributed by atoms with Crippen molar-refractivity contribution in [1.82, 2.24) is 15.5 Å². The Hall–Kier alpha value is -1.96. The fourth-order valence-corrected chi connectivity index (χ4v) is 2.95. The molecule has 1 aliphatic heterocycles. The number of halogens is 3. The predicted molar refractivity (Wildman–Crippen MR) is 101 cm³/mol. The van der Waals surface area contributed by atoms with Crippen molar-refractivity contribution in [3.8, 4) is 5.75 Å². The molecule has 0 unspecified atom stereocenters. The van der Waals surface area contributed by atoms with Gasteiger partial charge in [-0.15, -0.1) is 0 Å². The van der Waals surface area contributed by atoms with Crippen LogP contribution >= 0.6 is 0 Å². The molecule has 5 nitrogen and oxygen atoms in total. The van der Waals surface area contributed by atoms with E-state index in [1.807, 2.05) is 0 Å². The van der Waals surface area contributed by atoms with E-state index in [0.29, 0.717) is 12.5 Å². The van der Waals surface area contributed by atoms with Crippen LogP contribution in [-0.4, -0.2) is 56.9 Å². The molecule has 0 atom stereocenters. The van der Waals surface area contributed by atoms with Crippen LogP contribution in [0.25, 0.3) is 0 Å². The number of ether oxygens (including phenoxy) is 1. The molecular formula is C19H29F3N4O. The van der Waals surface area contributed by atoms with Gasteiger partial charge in [0.1, 0.15) is 5.75 Å². The Kier molecular flexibility index (Phi) is 8.71. The molecule has 8 heteroatoms. The number of benzene rings is 1. The van der Waals surface area contributed by atoms with Gasteiger partial charge in [-0.05, 0) is 63.0 Å². The quantitative estimate of drug-likeness (QED) is 0.389. The Bertz CT molecular complexity index is 569. The Morgan fingerprint density at radius 2 is 1.81 bits per heavy atom. The third-order valence-corrected chi connectivity index (χ3v) is 4.40. The molecular weight excluding hydrogens is 357 g/mol. The summed E-state index contributed by atoms with van der Waals surface area (Å²) in [5, 5.41) is 6.49. The molecule has 1 fully saturated rings. The lowest BCUT2D eigenvalue weighted by Gasteiger charge is -2.15. The zero-order valence-corrected chi connectivity index (χ0v) is 15.8. The van der Waals surface area contributed by atoms with Crippen LogP contribution in [0.15, 0.2) is 29.3 Å². The molecule has 0 bridgehead atoms. The van der Waals surface area contributed by atoms with Gasteiger partial charge in [-0.1, -0.05) is 12.1 Å². The highest BCUT2D eigenvalue weighted by atomic mass is 19.4. The third kappa shape index (κ3) is 8.99. The molecule has 0 aliphatic carbocycles. The second kappa shape index (κ2) is 11.0. The maximum atomic E-state index is 12.1. The van der Waals surface area contributed by atoms with Gasteiger partial charge in [0.25, 0.3) is 0 Å². The topological polar surface area (TPSA) is 48.9 Å². The molecule has 27 heavy (non-hydrogen) atoms. The van der Waals surface area contributed by atoms with Crippen LogP contribution in [0.1, 0.15) is 31.2 Å². The molecule has 2 rings (SSSR count). The van der Waals surface area contributed by atoms with Crippen molar-refractivity contribution in [2.45, 2.75) is 38.4 Å². The van der Waals surface area contributed by atoms with E-state index in [9.17, 15) is 13.2 Å². The number of guanidine groups is 1. The smallest absolute Gasteiger partial charge is 0.422 e. The molecule has 0 amide bonds. The third-order valence-electron chi connectivity index (χ3n) is 4.40. The molecule has 0 radical (unpaired) electrons. The van der Waals surface area contributed by atoms with E-state index in [2.05, 4.69) is 20.5 Å². The van der Waals surface area contributed by atoms with E-state index in [0.717, 1.165) is 25.1 Å². The minimum Gasteiger partial charge on any atom is -0.484 e. The number of aliphatic imine (C=N–C) groups is 1. The van der Waals surface area contributed by atoms with Crippen molar-refractivity contribution < 1.29 is 17.9 Å². The summed E-state index contributed by atoms with van der Waals surface area (Å²) in [6.45, 7) is 3.74. The Labute approximate surface area is 159 Å². The second-order valence-electron chi connectivity index (χ2n) is 6.66. The van der Waals surface area contributed by atoms with E-state index in [1.165, 1.54) is 44.5 Å². The summed E-state index contributed by atoms with van der Waals surface area (Å²) in [5.74, 6) is 0.921. The first-order valence-corrected chi connectivity index (χ1v) is 9.41. The normalized spacial score (nSPS) is 15.8. The lowest BCUT2D eigenvalue weighted by atomic mass is 10.2. The van der Waals surface area contributed by atoms with E-state index in [4.69, 9.17) is 4.74 Å². The van der Waals surface area contributed by atoms with Crippen LogP contribution < -0.4 is 15.4 Å². The molecule has 1 heterocycles. The zero-order valence-electron chi connectivity index (χ0n) is 15.8. The lowest BCUT2D eigenvalue weighted by Crippen LogP contribution is -2.37. The van der Waals surface area contributed by atoms with Crippen LogP contribution in [0.3, 0.4) is 0 Å². The van der Waals surface area contributed by atoms with E-state index < -0.39 is 12.8 Å². The fourth-order valence-electron chi connectivity index (χ4n) is 2.95. The van der Waals surface area contributed by atoms with Crippen LogP contribution in [-0.2, 0) is 6.54 Å². The predicted octanol–water partition coefficient (Wildman–Crippen LogP) is 3.17. The molecule has 0 aromatic heterocycles. The number of unbranched alkanes of at least 4 members (excludes halogenated alkanes) is 1. The maximum absolute atomic E-state index is 12.1. The van der Waals surface area contributed by atoms with Gasteiger partial charge in [0.15, 0.2) is 12.6 Å². The number of nitrogens with zero attached hydrogens (tertiary/aromatic N) is 2. The first kappa shape index (κ1) is 21.3. The number of nitrogens with one attached hydrogen (secondary N) is 2. The van der Waals surface area contributed by atoms with Crippen LogP contribution in [0.4, 0.5) is 13.2 Å². The average molecular weight is 386 g/mol. The van der Waals surface area contributed by atoms with Gasteiger partial charge in [0.2, 0.25) is 0 Å². The van der Waals surface area contributed by atoms with Crippen LogP contribution in [0, 0.1) is 0 Å². The SMILES string of the molecule is CN=C(NCCCCN1CCCC1)NCc1ccc(OCC(F)(F)F)cc1. The molecule has 0 saturated carbocycles. The van der Waals surface area contributed by atoms with Crippen LogP contribution in [0.5, 0.6) is 5.75 Å². The van der Waals surface area contributed by atoms with Gasteiger partial charge < -0.3 is 20.3 Å². The van der Waals surface area contributed by atoms with Crippen molar-refractivity contribution in [2.75, 3.05) is 39.8 Å². The van der Waals surface area contributed by atoms with Crippen molar-refractivity contribution in [3.63, 3.8) is 0 Å². The fraction of sp³-hybridized carbons (Fsp3) is 0.632. The summed E-state index contributed by atoms with van der Waals surface area (Å²) in [7, 11) is 1.72. The van der Waals surface area contributed by atoms with E-state index in [1.54, 1.807) is 19.2 Å². The molecule has 2 N–H and O–H groups in total. The molecule has 1 aromatic rings. The average Bonchev–Trinajstić information content (AvgIpc) is 3.16. The van der Waals surface area contributed by atoms with Crippen molar-refractivity contribution >= 4 is 5.96 Å². The highest BCUT2D eigenvalue weighted by molar-refractivity contribution is 5.79. The lowest BCUT2D eigenvalue weighted by molar-refractivity contribution is -0.153. The number of hydrogen-bond acceptors (Lipinski definition) is 3. The minimum absolute atomic E-state index is 0.205. The molecule has 0 spiro atoms. The van der Waals surface area contributed by atoms with E-state index in [-0.39, 0.29) is 5.75 Å². The summed E-state index contributed by atoms with van der Waals surface area (Å²) < 4.78 is 41.1. The Morgan fingerprint density at radius 1 is 1.11 bits per heavy atom. The molecule has 1 saturated heterocycles. The zero-order chi connectivity index (χ0) is 19.5. The summed E-state index contributed by atoms with van der Waals surface area (Å²) >= 11 is 0. The Balaban J connectivity index is 1.61. The number of likely N-dealkylation sites (tertiary alicyclic amines) is 1. The number of rotatable bonds is 9. The summed E-state index contributed by atoms with van der Waals surface area (Å²) in [4.78, 5) is 6.70. The highest BCUT2D eigenvalue weighted by Crippen LogP contribution is 2.18. The second-order valence-corrected chi connectivity index (χ2v) is 6.66. The van der Waals surface area contributed by atoms with Crippen molar-refractivity contribution in [2.24, 2.45) is 4.99 Å². The van der Waals surface area contributed by atoms with Crippen LogP contribution in [0.2, 0.25) is 0 Å². The summed E-state index contributed by atoms with van der Waals surface area (Å²) in [5.41, 5.74) is 0.936. The van der Waals surface area contributed by atoms with Gasteiger partial charge in [-0.2, -0.15) is 13.2 Å². The largest absolute Gasteiger partial charge is 0.484 e. The first-order valence-electron chi connectivity index (χ1n) is 9.41. The molecule has 1 aliphatic rings. The maximum Gasteiger partial charge on any atom is 0.422 e. The highest BCUT2D eigenvalue weighted by Gasteiger charge is 2.28. The summed E-state index contributed by atoms with van der Waals surface area (Å²) in [6, 6.07) is 6.55. The van der Waals surface area contributed by atoms with Gasteiger partial charge in [-0.3, -0.25) is 4.99 Å². The minimum atomic E-state index is -4.33. The van der Waals surface area contributed by atoms with Crippen molar-refractivity contribution in [1.29, 1.82) is 0 Å². The van der Waals surface area contributed by atoms with E-state index >= 15 is 0 Å². The summed E-state index contributed by atoms with van der Waals surface area (Å²) in [6.07, 6.45) is 0.577. The standard InChI is InChI=1S/C19H29F3N4O/c1-23-18(24-10-2-3-11-26-12-4-5-13-26)25-14-16-6-8-17(9-7-16)27-15-19(20,21)22/h6-9H,2-5,10-15H2,1H3,(H2,23,24,25). The Morgan fingerprint density at radius 3 is 2.44 bits per heavy atom. The number of hydrogen-bond donors (Lipinski definition) is 2. The first-order chi connectivity index (χ1) is 13.0. The van der Waals surface area contributed by atoms with Gasteiger partial charge in [0, 0.05) is 20.1 Å². The number of alkyl halides is 3. The van der Waals surface area contributed by atoms with Gasteiger partial charge in [-0.25, -0.2) is 0 Å². The van der Waals surface area contributed by atoms with Gasteiger partial charge in [0.05, 0.1) is 0 Å². The monoisotopic (exact) mass is 386 g/mol. The molecule has 1 aromatic carbocycles. The van der Waals surface area contributed by atoms with Crippen molar-refractivity contribution in [3.05, 3.63) is 29.8 Å².